The van der Waals surface area contributed by atoms with Gasteiger partial charge in [-0.2, -0.15) is 0 Å². The van der Waals surface area contributed by atoms with Crippen molar-refractivity contribution in [1.82, 2.24) is 0 Å². The van der Waals surface area contributed by atoms with Crippen molar-refractivity contribution in [3.63, 3.8) is 0 Å². The molecule has 0 aliphatic rings. The van der Waals surface area contributed by atoms with Gasteiger partial charge < -0.3 is 10.5 Å². The van der Waals surface area contributed by atoms with Crippen LogP contribution in [0.15, 0.2) is 22.7 Å². The molecule has 0 bridgehead atoms. The van der Waals surface area contributed by atoms with Gasteiger partial charge in [-0.3, -0.25) is 0 Å². The number of hydrogen-bond donors (Lipinski definition) is 1. The number of para-hydroxylation sites is 1. The molecule has 0 radical (unpaired) electrons. The standard InChI is InChI=1S/C11H16BrNO/c1-8(2)14-11-9(6-7-13)4-3-5-10(11)12/h3-5,8H,6-7,13H2,1-2H3. The number of nitrogens with two attached hydrogens (primary N) is 1. The number of ether oxygens (including phenoxy) is 1. The molecule has 3 heteroatoms. The topological polar surface area (TPSA) is 35.2 Å². The summed E-state index contributed by atoms with van der Waals surface area (Å²) in [6.07, 6.45) is 1.03. The molecule has 0 atom stereocenters. The van der Waals surface area contributed by atoms with Gasteiger partial charge in [0.2, 0.25) is 0 Å². The number of halogens is 1. The fourth-order valence-electron chi connectivity index (χ4n) is 1.27. The van der Waals surface area contributed by atoms with Crippen molar-refractivity contribution in [3.05, 3.63) is 28.2 Å². The van der Waals surface area contributed by atoms with E-state index >= 15 is 0 Å². The van der Waals surface area contributed by atoms with Gasteiger partial charge in [0.1, 0.15) is 5.75 Å². The quantitative estimate of drug-likeness (QED) is 0.901. The lowest BCUT2D eigenvalue weighted by Gasteiger charge is -2.15. The maximum atomic E-state index is 5.73. The maximum Gasteiger partial charge on any atom is 0.137 e. The van der Waals surface area contributed by atoms with Crippen molar-refractivity contribution < 1.29 is 4.74 Å². The van der Waals surface area contributed by atoms with Crippen molar-refractivity contribution in [3.8, 4) is 5.75 Å². The summed E-state index contributed by atoms with van der Waals surface area (Å²) in [6, 6.07) is 6.04. The molecule has 0 aromatic heterocycles. The van der Waals surface area contributed by atoms with E-state index in [9.17, 15) is 0 Å². The van der Waals surface area contributed by atoms with E-state index in [2.05, 4.69) is 22.0 Å². The van der Waals surface area contributed by atoms with Crippen LogP contribution in [-0.4, -0.2) is 12.6 Å². The fourth-order valence-corrected chi connectivity index (χ4v) is 1.77. The van der Waals surface area contributed by atoms with Gasteiger partial charge in [-0.1, -0.05) is 12.1 Å². The Balaban J connectivity index is 2.96. The van der Waals surface area contributed by atoms with Crippen LogP contribution in [0.1, 0.15) is 19.4 Å². The zero-order chi connectivity index (χ0) is 10.6. The fraction of sp³-hybridized carbons (Fsp3) is 0.455. The zero-order valence-corrected chi connectivity index (χ0v) is 10.2. The summed E-state index contributed by atoms with van der Waals surface area (Å²) in [5.41, 5.74) is 6.70. The van der Waals surface area contributed by atoms with Crippen LogP contribution in [0.2, 0.25) is 0 Å². The molecule has 0 spiro atoms. The lowest BCUT2D eigenvalue weighted by atomic mass is 10.1. The van der Waals surface area contributed by atoms with Crippen LogP contribution < -0.4 is 10.5 Å². The summed E-state index contributed by atoms with van der Waals surface area (Å²) in [4.78, 5) is 0. The van der Waals surface area contributed by atoms with E-state index in [0.29, 0.717) is 6.54 Å². The third kappa shape index (κ3) is 3.00. The van der Waals surface area contributed by atoms with E-state index in [4.69, 9.17) is 10.5 Å². The minimum absolute atomic E-state index is 0.185. The van der Waals surface area contributed by atoms with Gasteiger partial charge in [-0.25, -0.2) is 0 Å². The molecule has 1 aromatic carbocycles. The first-order valence-electron chi connectivity index (χ1n) is 4.79. The highest BCUT2D eigenvalue weighted by Crippen LogP contribution is 2.30. The van der Waals surface area contributed by atoms with Crippen LogP contribution in [0.5, 0.6) is 5.75 Å². The minimum atomic E-state index is 0.185. The predicted octanol–water partition coefficient (Wildman–Crippen LogP) is 2.74. The highest BCUT2D eigenvalue weighted by molar-refractivity contribution is 9.10. The van der Waals surface area contributed by atoms with Crippen molar-refractivity contribution in [2.24, 2.45) is 5.73 Å². The molecule has 0 fully saturated rings. The van der Waals surface area contributed by atoms with Crippen LogP contribution in [0, 0.1) is 0 Å². The first kappa shape index (κ1) is 11.5. The number of rotatable bonds is 4. The average Bonchev–Trinajstić information content (AvgIpc) is 2.11. The Kier molecular flexibility index (Phi) is 4.42. The summed E-state index contributed by atoms with van der Waals surface area (Å²) in [5.74, 6) is 0.924. The molecular weight excluding hydrogens is 242 g/mol. The predicted molar refractivity (Wildman–Crippen MR) is 62.7 cm³/mol. The van der Waals surface area contributed by atoms with E-state index in [-0.39, 0.29) is 6.10 Å². The van der Waals surface area contributed by atoms with Gasteiger partial charge >= 0.3 is 0 Å². The van der Waals surface area contributed by atoms with Crippen LogP contribution in [0.3, 0.4) is 0 Å². The maximum absolute atomic E-state index is 5.73. The molecule has 14 heavy (non-hydrogen) atoms. The molecule has 0 amide bonds. The van der Waals surface area contributed by atoms with Gasteiger partial charge in [0.05, 0.1) is 10.6 Å². The molecular formula is C11H16BrNO. The normalized spacial score (nSPS) is 10.6. The van der Waals surface area contributed by atoms with E-state index in [1.165, 1.54) is 0 Å². The summed E-state index contributed by atoms with van der Waals surface area (Å²) >= 11 is 3.48. The molecule has 1 aromatic rings. The molecule has 0 aliphatic carbocycles. The largest absolute Gasteiger partial charge is 0.490 e. The Hall–Kier alpha value is -0.540. The summed E-state index contributed by atoms with van der Waals surface area (Å²) in [6.45, 7) is 4.68. The molecule has 0 saturated heterocycles. The Bertz CT molecular complexity index is 299. The minimum Gasteiger partial charge on any atom is -0.490 e. The van der Waals surface area contributed by atoms with E-state index in [0.717, 1.165) is 22.2 Å². The molecule has 78 valence electrons. The second kappa shape index (κ2) is 5.37. The van der Waals surface area contributed by atoms with E-state index in [1.807, 2.05) is 26.0 Å². The molecule has 2 N–H and O–H groups in total. The Morgan fingerprint density at radius 3 is 2.71 bits per heavy atom. The second-order valence-corrected chi connectivity index (χ2v) is 4.29. The SMILES string of the molecule is CC(C)Oc1c(Br)cccc1CCN. The number of hydrogen-bond acceptors (Lipinski definition) is 2. The highest BCUT2D eigenvalue weighted by Gasteiger charge is 2.08. The van der Waals surface area contributed by atoms with Crippen LogP contribution in [0.4, 0.5) is 0 Å². The molecule has 0 unspecified atom stereocenters. The third-order valence-corrected chi connectivity index (χ3v) is 2.44. The van der Waals surface area contributed by atoms with E-state index in [1.54, 1.807) is 0 Å². The zero-order valence-electron chi connectivity index (χ0n) is 8.59. The van der Waals surface area contributed by atoms with Crippen LogP contribution in [0.25, 0.3) is 0 Å². The van der Waals surface area contributed by atoms with Crippen LogP contribution >= 0.6 is 15.9 Å². The summed E-state index contributed by atoms with van der Waals surface area (Å²) in [5, 5.41) is 0. The van der Waals surface area contributed by atoms with Gasteiger partial charge in [-0.15, -0.1) is 0 Å². The first-order chi connectivity index (χ1) is 6.65. The summed E-state index contributed by atoms with van der Waals surface area (Å²) < 4.78 is 6.72. The van der Waals surface area contributed by atoms with Gasteiger partial charge in [0.15, 0.2) is 0 Å². The van der Waals surface area contributed by atoms with Crippen molar-refractivity contribution >= 4 is 15.9 Å². The Morgan fingerprint density at radius 1 is 1.43 bits per heavy atom. The first-order valence-corrected chi connectivity index (χ1v) is 5.58. The van der Waals surface area contributed by atoms with Gasteiger partial charge in [-0.05, 0) is 54.4 Å². The van der Waals surface area contributed by atoms with Crippen LogP contribution in [-0.2, 0) is 6.42 Å². The van der Waals surface area contributed by atoms with Crippen molar-refractivity contribution in [2.75, 3.05) is 6.54 Å². The lowest BCUT2D eigenvalue weighted by molar-refractivity contribution is 0.238. The molecule has 0 saturated carbocycles. The van der Waals surface area contributed by atoms with Crippen molar-refractivity contribution in [1.29, 1.82) is 0 Å². The smallest absolute Gasteiger partial charge is 0.137 e. The summed E-state index contributed by atoms with van der Waals surface area (Å²) in [7, 11) is 0. The second-order valence-electron chi connectivity index (χ2n) is 3.43. The third-order valence-electron chi connectivity index (χ3n) is 1.82. The van der Waals surface area contributed by atoms with Gasteiger partial charge in [0.25, 0.3) is 0 Å². The monoisotopic (exact) mass is 257 g/mol. The number of benzene rings is 1. The van der Waals surface area contributed by atoms with Gasteiger partial charge in [0, 0.05) is 0 Å². The van der Waals surface area contributed by atoms with E-state index < -0.39 is 0 Å². The molecule has 0 heterocycles. The molecule has 0 aliphatic heterocycles. The molecule has 1 rings (SSSR count). The van der Waals surface area contributed by atoms with Crippen molar-refractivity contribution in [2.45, 2.75) is 26.4 Å². The Labute approximate surface area is 93.6 Å². The Morgan fingerprint density at radius 2 is 2.14 bits per heavy atom. The lowest BCUT2D eigenvalue weighted by Crippen LogP contribution is -2.10. The highest BCUT2D eigenvalue weighted by atomic mass is 79.9. The molecule has 2 nitrogen and oxygen atoms in total. The average molecular weight is 258 g/mol.